The van der Waals surface area contributed by atoms with Crippen LogP contribution < -0.4 is 11.5 Å². The van der Waals surface area contributed by atoms with Gasteiger partial charge in [0.25, 0.3) is 0 Å². The maximum Gasteiger partial charge on any atom is 0.0387 e. The summed E-state index contributed by atoms with van der Waals surface area (Å²) in [7, 11) is 0. The van der Waals surface area contributed by atoms with Crippen molar-refractivity contribution in [3.05, 3.63) is 47.7 Å². The maximum absolute atomic E-state index is 5.75. The molecule has 4 N–H and O–H groups in total. The Labute approximate surface area is 78.6 Å². The first-order valence-electron chi connectivity index (χ1n) is 4.08. The van der Waals surface area contributed by atoms with Crippen LogP contribution in [0.4, 0.5) is 5.69 Å². The fraction of sp³-hybridized carbons (Fsp3) is 0.0909. The van der Waals surface area contributed by atoms with Crippen LogP contribution in [0, 0.1) is 6.92 Å². The monoisotopic (exact) mass is 174 g/mol. The molecule has 0 amide bonds. The Hall–Kier alpha value is -1.70. The summed E-state index contributed by atoms with van der Waals surface area (Å²) in [6, 6.07) is 5.87. The lowest BCUT2D eigenvalue weighted by atomic mass is 10.1. The van der Waals surface area contributed by atoms with E-state index in [1.807, 2.05) is 31.2 Å². The average Bonchev–Trinajstić information content (AvgIpc) is 2.06. The summed E-state index contributed by atoms with van der Waals surface area (Å²) in [4.78, 5) is 0. The van der Waals surface area contributed by atoms with E-state index in [1.165, 1.54) is 5.56 Å². The SMILES string of the molecule is C=C(N)/C=C\c1cc(C)ccc1N. The van der Waals surface area contributed by atoms with Crippen LogP contribution in [-0.4, -0.2) is 0 Å². The first-order chi connectivity index (χ1) is 6.09. The van der Waals surface area contributed by atoms with Crippen molar-refractivity contribution in [3.63, 3.8) is 0 Å². The fourth-order valence-corrected chi connectivity index (χ4v) is 1.04. The largest absolute Gasteiger partial charge is 0.399 e. The van der Waals surface area contributed by atoms with Gasteiger partial charge in [-0.25, -0.2) is 0 Å². The summed E-state index contributed by atoms with van der Waals surface area (Å²) in [6.45, 7) is 5.59. The Morgan fingerprint density at radius 3 is 2.77 bits per heavy atom. The molecule has 0 heterocycles. The Morgan fingerprint density at radius 1 is 1.46 bits per heavy atom. The molecule has 2 nitrogen and oxygen atoms in total. The van der Waals surface area contributed by atoms with Crippen molar-refractivity contribution in [2.75, 3.05) is 5.73 Å². The molecule has 1 aromatic rings. The highest BCUT2D eigenvalue weighted by Gasteiger charge is 1.94. The van der Waals surface area contributed by atoms with Crippen molar-refractivity contribution in [1.29, 1.82) is 0 Å². The minimum atomic E-state index is 0.529. The highest BCUT2D eigenvalue weighted by molar-refractivity contribution is 5.66. The Bertz CT molecular complexity index is 351. The van der Waals surface area contributed by atoms with Gasteiger partial charge in [0, 0.05) is 11.4 Å². The highest BCUT2D eigenvalue weighted by atomic mass is 14.6. The third kappa shape index (κ3) is 2.67. The van der Waals surface area contributed by atoms with Crippen molar-refractivity contribution in [1.82, 2.24) is 0 Å². The lowest BCUT2D eigenvalue weighted by Gasteiger charge is -2.01. The predicted molar refractivity (Wildman–Crippen MR) is 58.0 cm³/mol. The first kappa shape index (κ1) is 9.39. The van der Waals surface area contributed by atoms with E-state index in [1.54, 1.807) is 6.08 Å². The molecule has 1 rings (SSSR count). The normalized spacial score (nSPS) is 10.5. The zero-order chi connectivity index (χ0) is 9.84. The van der Waals surface area contributed by atoms with Gasteiger partial charge in [-0.1, -0.05) is 24.3 Å². The number of hydrogen-bond acceptors (Lipinski definition) is 2. The number of hydrogen-bond donors (Lipinski definition) is 2. The van der Waals surface area contributed by atoms with Crippen LogP contribution in [0.3, 0.4) is 0 Å². The molecular formula is C11H14N2. The van der Waals surface area contributed by atoms with Gasteiger partial charge < -0.3 is 11.5 Å². The van der Waals surface area contributed by atoms with Crippen molar-refractivity contribution < 1.29 is 0 Å². The van der Waals surface area contributed by atoms with Gasteiger partial charge in [-0.05, 0) is 30.7 Å². The van der Waals surface area contributed by atoms with Gasteiger partial charge in [-0.3, -0.25) is 0 Å². The van der Waals surface area contributed by atoms with Crippen LogP contribution in [0.1, 0.15) is 11.1 Å². The van der Waals surface area contributed by atoms with Crippen LogP contribution >= 0.6 is 0 Å². The van der Waals surface area contributed by atoms with E-state index in [4.69, 9.17) is 11.5 Å². The molecule has 0 aliphatic carbocycles. The van der Waals surface area contributed by atoms with Gasteiger partial charge in [0.2, 0.25) is 0 Å². The molecule has 0 atom stereocenters. The number of anilines is 1. The number of rotatable bonds is 2. The van der Waals surface area contributed by atoms with E-state index in [0.29, 0.717) is 5.70 Å². The van der Waals surface area contributed by atoms with E-state index in [2.05, 4.69) is 6.58 Å². The second kappa shape index (κ2) is 3.81. The van der Waals surface area contributed by atoms with E-state index >= 15 is 0 Å². The standard InChI is InChI=1S/C11H14N2/c1-8-3-6-11(13)10(7-8)5-4-9(2)12/h3-7H,2,12-13H2,1H3/b5-4-. The minimum Gasteiger partial charge on any atom is -0.399 e. The number of nitrogens with two attached hydrogens (primary N) is 2. The minimum absolute atomic E-state index is 0.529. The van der Waals surface area contributed by atoms with Crippen molar-refractivity contribution in [2.24, 2.45) is 5.73 Å². The first-order valence-corrected chi connectivity index (χ1v) is 4.08. The van der Waals surface area contributed by atoms with Gasteiger partial charge in [-0.15, -0.1) is 0 Å². The van der Waals surface area contributed by atoms with E-state index in [9.17, 15) is 0 Å². The molecule has 13 heavy (non-hydrogen) atoms. The summed E-state index contributed by atoms with van der Waals surface area (Å²) >= 11 is 0. The van der Waals surface area contributed by atoms with Crippen molar-refractivity contribution in [2.45, 2.75) is 6.92 Å². The van der Waals surface area contributed by atoms with Gasteiger partial charge in [-0.2, -0.15) is 0 Å². The topological polar surface area (TPSA) is 52.0 Å². The lowest BCUT2D eigenvalue weighted by molar-refractivity contribution is 1.44. The molecule has 68 valence electrons. The van der Waals surface area contributed by atoms with Crippen molar-refractivity contribution >= 4 is 11.8 Å². The number of aryl methyl sites for hydroxylation is 1. The Balaban J connectivity index is 3.00. The maximum atomic E-state index is 5.75. The van der Waals surface area contributed by atoms with Crippen molar-refractivity contribution in [3.8, 4) is 0 Å². The molecule has 0 spiro atoms. The van der Waals surface area contributed by atoms with Crippen LogP contribution in [-0.2, 0) is 0 Å². The second-order valence-corrected chi connectivity index (χ2v) is 3.04. The molecule has 0 aliphatic rings. The molecule has 0 aromatic heterocycles. The number of benzene rings is 1. The number of allylic oxidation sites excluding steroid dienone is 1. The molecule has 0 bridgehead atoms. The molecule has 0 saturated carbocycles. The molecular weight excluding hydrogens is 160 g/mol. The fourth-order valence-electron chi connectivity index (χ4n) is 1.04. The zero-order valence-electron chi connectivity index (χ0n) is 7.75. The molecule has 0 unspecified atom stereocenters. The highest BCUT2D eigenvalue weighted by Crippen LogP contribution is 2.15. The molecule has 0 saturated heterocycles. The van der Waals surface area contributed by atoms with Crippen LogP contribution in [0.2, 0.25) is 0 Å². The second-order valence-electron chi connectivity index (χ2n) is 3.04. The average molecular weight is 174 g/mol. The molecule has 0 radical (unpaired) electrons. The van der Waals surface area contributed by atoms with Crippen LogP contribution in [0.25, 0.3) is 6.08 Å². The van der Waals surface area contributed by atoms with Gasteiger partial charge >= 0.3 is 0 Å². The predicted octanol–water partition coefficient (Wildman–Crippen LogP) is 2.06. The van der Waals surface area contributed by atoms with Crippen LogP contribution in [0.5, 0.6) is 0 Å². The smallest absolute Gasteiger partial charge is 0.0387 e. The van der Waals surface area contributed by atoms with E-state index < -0.39 is 0 Å². The summed E-state index contributed by atoms with van der Waals surface area (Å²) in [5.41, 5.74) is 14.6. The summed E-state index contributed by atoms with van der Waals surface area (Å²) in [6.07, 6.45) is 3.61. The zero-order valence-corrected chi connectivity index (χ0v) is 7.75. The van der Waals surface area contributed by atoms with Gasteiger partial charge in [0.1, 0.15) is 0 Å². The Morgan fingerprint density at radius 2 is 2.15 bits per heavy atom. The summed E-state index contributed by atoms with van der Waals surface area (Å²) < 4.78 is 0. The lowest BCUT2D eigenvalue weighted by Crippen LogP contribution is -1.91. The molecule has 2 heteroatoms. The van der Waals surface area contributed by atoms with Crippen LogP contribution in [0.15, 0.2) is 36.6 Å². The quantitative estimate of drug-likeness (QED) is 0.532. The van der Waals surface area contributed by atoms with Gasteiger partial charge in [0.15, 0.2) is 0 Å². The van der Waals surface area contributed by atoms with E-state index in [0.717, 1.165) is 11.3 Å². The summed E-state index contributed by atoms with van der Waals surface area (Å²) in [5, 5.41) is 0. The van der Waals surface area contributed by atoms with Gasteiger partial charge in [0.05, 0.1) is 0 Å². The molecule has 1 aromatic carbocycles. The third-order valence-corrected chi connectivity index (χ3v) is 1.72. The molecule has 0 aliphatic heterocycles. The molecule has 0 fully saturated rings. The third-order valence-electron chi connectivity index (χ3n) is 1.72. The Kier molecular flexibility index (Phi) is 2.75. The summed E-state index contributed by atoms with van der Waals surface area (Å²) in [5.74, 6) is 0. The number of nitrogen functional groups attached to an aromatic ring is 1. The van der Waals surface area contributed by atoms with E-state index in [-0.39, 0.29) is 0 Å².